The van der Waals surface area contributed by atoms with E-state index < -0.39 is 11.4 Å². The van der Waals surface area contributed by atoms with Crippen molar-refractivity contribution in [3.05, 3.63) is 0 Å². The monoisotopic (exact) mass is 122 g/mol. The van der Waals surface area contributed by atoms with Crippen molar-refractivity contribution in [2.45, 2.75) is 0 Å². The minimum Gasteiger partial charge on any atom is -0.749 e. The van der Waals surface area contributed by atoms with Gasteiger partial charge < -0.3 is 4.55 Å². The molecule has 0 amide bonds. The number of rotatable bonds is 1. The zero-order chi connectivity index (χ0) is 4.28. The van der Waals surface area contributed by atoms with Crippen molar-refractivity contribution in [1.29, 1.82) is 0 Å². The Morgan fingerprint density at radius 3 is 2.00 bits per heavy atom. The average Bonchev–Trinajstić information content (AvgIpc) is 1.38. The van der Waals surface area contributed by atoms with Gasteiger partial charge in [-0.05, 0) is 0 Å². The molecule has 0 radical (unpaired) electrons. The standard InChI is InChI=1S/ClHO3S.Li/c1-4-5(2)3;/h(H,2,3);/q;+1/p-1. The van der Waals surface area contributed by atoms with Crippen molar-refractivity contribution in [2.24, 2.45) is 0 Å². The van der Waals surface area contributed by atoms with Crippen LogP contribution in [0.4, 0.5) is 0 Å². The summed E-state index contributed by atoms with van der Waals surface area (Å²) >= 11 is 1.67. The smallest absolute Gasteiger partial charge is 0.749 e. The second-order valence-corrected chi connectivity index (χ2v) is 1.18. The molecule has 1 atom stereocenters. The van der Waals surface area contributed by atoms with Gasteiger partial charge in [-0.2, -0.15) is 3.74 Å². The van der Waals surface area contributed by atoms with Gasteiger partial charge >= 0.3 is 18.9 Å². The van der Waals surface area contributed by atoms with E-state index in [1.54, 1.807) is 0 Å². The number of halogens is 1. The predicted molar refractivity (Wildman–Crippen MR) is 15.9 cm³/mol. The molecule has 0 aromatic rings. The summed E-state index contributed by atoms with van der Waals surface area (Å²) in [6, 6.07) is 0. The maximum atomic E-state index is 9.01. The van der Waals surface area contributed by atoms with Crippen LogP contribution in [-0.2, 0) is 15.1 Å². The van der Waals surface area contributed by atoms with Crippen LogP contribution in [0, 0.1) is 0 Å². The molecule has 0 spiro atoms. The first-order chi connectivity index (χ1) is 2.27. The van der Waals surface area contributed by atoms with E-state index in [-0.39, 0.29) is 18.9 Å². The summed E-state index contributed by atoms with van der Waals surface area (Å²) in [6.45, 7) is 0. The molecule has 0 aromatic heterocycles. The molecule has 3 nitrogen and oxygen atoms in total. The fraction of sp³-hybridized carbons (Fsp3) is 0. The minimum absolute atomic E-state index is 0. The van der Waals surface area contributed by atoms with Gasteiger partial charge in [0.25, 0.3) is 0 Å². The van der Waals surface area contributed by atoms with Gasteiger partial charge in [0, 0.05) is 0 Å². The molecule has 1 unspecified atom stereocenters. The Labute approximate surface area is 54.8 Å². The van der Waals surface area contributed by atoms with Gasteiger partial charge in [-0.3, -0.25) is 0 Å². The molecule has 0 fully saturated rings. The van der Waals surface area contributed by atoms with Crippen molar-refractivity contribution in [2.75, 3.05) is 0 Å². The first kappa shape index (κ1) is 10.0. The zero-order valence-electron chi connectivity index (χ0n) is 3.01. The molecule has 0 aliphatic carbocycles. The summed E-state index contributed by atoms with van der Waals surface area (Å²) in [5.41, 5.74) is 0. The molecular formula is ClLiO3S. The van der Waals surface area contributed by atoms with E-state index in [1.807, 2.05) is 0 Å². The van der Waals surface area contributed by atoms with Crippen molar-refractivity contribution in [3.63, 3.8) is 0 Å². The maximum Gasteiger partial charge on any atom is 1.00 e. The normalized spacial score (nSPS) is 12.3. The summed E-state index contributed by atoms with van der Waals surface area (Å²) in [5, 5.41) is 0. The molecular weight excluding hydrogens is 122 g/mol. The summed E-state index contributed by atoms with van der Waals surface area (Å²) < 4.78 is 21.2. The third kappa shape index (κ3) is 8.88. The number of hydrogen-bond acceptors (Lipinski definition) is 3. The molecule has 0 aliphatic rings. The van der Waals surface area contributed by atoms with Crippen LogP contribution in [0.2, 0.25) is 0 Å². The third-order valence-corrected chi connectivity index (χ3v) is 0.463. The fourth-order valence-corrected chi connectivity index (χ4v) is 0. The molecule has 0 aromatic carbocycles. The van der Waals surface area contributed by atoms with Crippen molar-refractivity contribution >= 4 is 23.2 Å². The van der Waals surface area contributed by atoms with Gasteiger partial charge in [0.15, 0.2) is 0 Å². The molecule has 32 valence electrons. The molecule has 0 bridgehead atoms. The minimum atomic E-state index is -2.56. The largest absolute Gasteiger partial charge is 1.00 e. The summed E-state index contributed by atoms with van der Waals surface area (Å²) in [7, 11) is 0. The van der Waals surface area contributed by atoms with E-state index in [1.165, 1.54) is 0 Å². The van der Waals surface area contributed by atoms with E-state index >= 15 is 0 Å². The molecule has 0 saturated carbocycles. The predicted octanol–water partition coefficient (Wildman–Crippen LogP) is -3.05. The Hall–Kier alpha value is 0.957. The van der Waals surface area contributed by atoms with E-state index in [0.717, 1.165) is 0 Å². The second-order valence-electron chi connectivity index (χ2n) is 0.267. The Morgan fingerprint density at radius 1 is 1.83 bits per heavy atom. The summed E-state index contributed by atoms with van der Waals surface area (Å²) in [5.74, 6) is 0. The van der Waals surface area contributed by atoms with Gasteiger partial charge in [-0.15, -0.1) is 0 Å². The van der Waals surface area contributed by atoms with Crippen LogP contribution in [-0.4, -0.2) is 8.76 Å². The topological polar surface area (TPSA) is 49.4 Å². The van der Waals surface area contributed by atoms with Crippen LogP contribution in [0.3, 0.4) is 0 Å². The van der Waals surface area contributed by atoms with Crippen LogP contribution >= 0.6 is 11.9 Å². The summed E-state index contributed by atoms with van der Waals surface area (Å²) in [6.07, 6.45) is 0. The van der Waals surface area contributed by atoms with Crippen molar-refractivity contribution in [3.8, 4) is 0 Å². The Bertz CT molecular complexity index is 46.1. The van der Waals surface area contributed by atoms with Crippen molar-refractivity contribution < 1.29 is 31.4 Å². The van der Waals surface area contributed by atoms with Crippen molar-refractivity contribution in [1.82, 2.24) is 0 Å². The first-order valence-corrected chi connectivity index (χ1v) is 1.96. The molecule has 0 heterocycles. The molecule has 6 heavy (non-hydrogen) atoms. The Kier molecular flexibility index (Phi) is 9.98. The van der Waals surface area contributed by atoms with Crippen LogP contribution < -0.4 is 18.9 Å². The molecule has 0 saturated heterocycles. The quantitative estimate of drug-likeness (QED) is 0.274. The van der Waals surface area contributed by atoms with Gasteiger partial charge in [0.05, 0.1) is 11.9 Å². The molecule has 0 aliphatic heterocycles. The Balaban J connectivity index is 0. The van der Waals surface area contributed by atoms with Gasteiger partial charge in [0.2, 0.25) is 0 Å². The SMILES string of the molecule is O=S([O-])OCl.[Li+]. The van der Waals surface area contributed by atoms with Gasteiger partial charge in [-0.1, -0.05) is 0 Å². The molecule has 0 rings (SSSR count). The average molecular weight is 122 g/mol. The van der Waals surface area contributed by atoms with Crippen LogP contribution in [0.25, 0.3) is 0 Å². The van der Waals surface area contributed by atoms with Gasteiger partial charge in [-0.25, -0.2) is 4.21 Å². The van der Waals surface area contributed by atoms with Crippen LogP contribution in [0.1, 0.15) is 0 Å². The fourth-order valence-electron chi connectivity index (χ4n) is 0. The number of hydrogen-bond donors (Lipinski definition) is 0. The zero-order valence-corrected chi connectivity index (χ0v) is 4.58. The van der Waals surface area contributed by atoms with Gasteiger partial charge in [0.1, 0.15) is 11.4 Å². The van der Waals surface area contributed by atoms with E-state index in [9.17, 15) is 0 Å². The van der Waals surface area contributed by atoms with Crippen LogP contribution in [0.15, 0.2) is 0 Å². The molecule has 0 N–H and O–H groups in total. The van der Waals surface area contributed by atoms with E-state index in [0.29, 0.717) is 0 Å². The van der Waals surface area contributed by atoms with Crippen LogP contribution in [0.5, 0.6) is 0 Å². The van der Waals surface area contributed by atoms with E-state index in [2.05, 4.69) is 15.6 Å². The first-order valence-electron chi connectivity index (χ1n) is 0.654. The Morgan fingerprint density at radius 2 is 2.00 bits per heavy atom. The maximum absolute atomic E-state index is 9.01. The van der Waals surface area contributed by atoms with E-state index in [4.69, 9.17) is 8.76 Å². The third-order valence-electron chi connectivity index (χ3n) is 0.0514. The second kappa shape index (κ2) is 5.96. The molecule has 6 heteroatoms. The summed E-state index contributed by atoms with van der Waals surface area (Å²) in [4.78, 5) is 0.